The Bertz CT molecular complexity index is 1780. The fraction of sp³-hybridized carbons (Fsp3) is 0.650. The number of unbranched alkanes of at least 4 members (excludes halogenated alkanes) is 1. The van der Waals surface area contributed by atoms with Crippen LogP contribution in [0.4, 0.5) is 4.79 Å². The molecule has 2 fully saturated rings. The van der Waals surface area contributed by atoms with Crippen LogP contribution in [0.15, 0.2) is 30.6 Å². The molecule has 18 heteroatoms. The van der Waals surface area contributed by atoms with Gasteiger partial charge in [0.15, 0.2) is 0 Å². The second kappa shape index (κ2) is 20.3. The number of carbonyl (C=O) groups excluding carboxylic acids is 7. The van der Waals surface area contributed by atoms with Gasteiger partial charge in [0.2, 0.25) is 29.4 Å². The molecule has 3 heterocycles. The summed E-state index contributed by atoms with van der Waals surface area (Å²) in [5.41, 5.74) is 2.16. The molecule has 1 aromatic heterocycles. The van der Waals surface area contributed by atoms with Crippen LogP contribution in [0.5, 0.6) is 0 Å². The molecule has 2 aliphatic heterocycles. The number of nitrogens with one attached hydrogen (secondary N) is 4. The second-order valence-electron chi connectivity index (χ2n) is 16.2. The maximum absolute atomic E-state index is 14.5. The first-order valence-electron chi connectivity index (χ1n) is 20.5. The monoisotopic (exact) mass is 806 g/mol. The maximum Gasteiger partial charge on any atom is 0.410 e. The topological polar surface area (TPSA) is 227 Å². The molecule has 6 amide bonds. The summed E-state index contributed by atoms with van der Waals surface area (Å²) in [4.78, 5) is 97.7. The third kappa shape index (κ3) is 11.8. The number of hydrogen-bond acceptors (Lipinski definition) is 11. The van der Waals surface area contributed by atoms with E-state index >= 15 is 0 Å². The minimum atomic E-state index is -1.18. The van der Waals surface area contributed by atoms with Gasteiger partial charge in [0, 0.05) is 38.5 Å². The van der Waals surface area contributed by atoms with Gasteiger partial charge >= 0.3 is 6.09 Å². The van der Waals surface area contributed by atoms with E-state index in [0.29, 0.717) is 45.3 Å². The maximum atomic E-state index is 14.5. The van der Waals surface area contributed by atoms with E-state index < -0.39 is 71.7 Å². The van der Waals surface area contributed by atoms with Crippen molar-refractivity contribution in [3.05, 3.63) is 41.7 Å². The van der Waals surface area contributed by atoms with Crippen molar-refractivity contribution in [1.82, 2.24) is 51.3 Å². The predicted octanol–water partition coefficient (Wildman–Crippen LogP) is 1.42. The number of rotatable bonds is 19. The van der Waals surface area contributed by atoms with Gasteiger partial charge in [-0.05, 0) is 71.9 Å². The Morgan fingerprint density at radius 1 is 0.914 bits per heavy atom. The number of carbonyl (C=O) groups is 7. The molecular formula is C40H58N10O8. The lowest BCUT2D eigenvalue weighted by Crippen LogP contribution is -2.59. The molecule has 2 aromatic rings. The summed E-state index contributed by atoms with van der Waals surface area (Å²) >= 11 is 0. The molecule has 5 atom stereocenters. The van der Waals surface area contributed by atoms with Gasteiger partial charge in [0.25, 0.3) is 5.91 Å². The molecule has 316 valence electrons. The zero-order chi connectivity index (χ0) is 41.9. The van der Waals surface area contributed by atoms with Crippen molar-refractivity contribution in [2.24, 2.45) is 11.8 Å². The van der Waals surface area contributed by atoms with Crippen molar-refractivity contribution in [1.29, 1.82) is 0 Å². The van der Waals surface area contributed by atoms with E-state index in [2.05, 4.69) is 36.8 Å². The van der Waals surface area contributed by atoms with Crippen LogP contribution in [-0.2, 0) is 53.0 Å². The SMILES string of the molecule is CCCC(NC(=O)[C@@H]1CC(OC(=O)N2CCc3ccccc3C2)CN1C(=O)[C@@H](NC(=O)[C@@H](NC(=O)CCCCn1cnnn1)C(C)C)C(C)C)C(=O)C(=O)NC1CC1. The minimum Gasteiger partial charge on any atom is -0.444 e. The first kappa shape index (κ1) is 43.7. The van der Waals surface area contributed by atoms with Crippen molar-refractivity contribution < 1.29 is 38.3 Å². The molecule has 3 aliphatic rings. The summed E-state index contributed by atoms with van der Waals surface area (Å²) in [5.74, 6) is -4.46. The highest BCUT2D eigenvalue weighted by Crippen LogP contribution is 2.26. The highest BCUT2D eigenvalue weighted by molar-refractivity contribution is 6.38. The van der Waals surface area contributed by atoms with E-state index in [1.807, 2.05) is 31.2 Å². The van der Waals surface area contributed by atoms with Crippen LogP contribution in [0.1, 0.15) is 97.1 Å². The number of nitrogens with zero attached hydrogens (tertiary/aromatic N) is 6. The number of ketones is 1. The number of Topliss-reactive ketones (excluding diaryl/α,β-unsaturated/α-hetero) is 1. The van der Waals surface area contributed by atoms with Crippen LogP contribution in [0.2, 0.25) is 0 Å². The van der Waals surface area contributed by atoms with Crippen molar-refractivity contribution in [3.63, 3.8) is 0 Å². The van der Waals surface area contributed by atoms with Crippen molar-refractivity contribution in [3.8, 4) is 0 Å². The number of hydrogen-bond donors (Lipinski definition) is 4. The Morgan fingerprint density at radius 2 is 1.64 bits per heavy atom. The average molecular weight is 807 g/mol. The Balaban J connectivity index is 1.29. The van der Waals surface area contributed by atoms with Gasteiger partial charge in [-0.3, -0.25) is 28.8 Å². The van der Waals surface area contributed by atoms with E-state index in [1.54, 1.807) is 37.3 Å². The number of fused-ring (bicyclic) bond motifs is 1. The van der Waals surface area contributed by atoms with Gasteiger partial charge in [-0.25, -0.2) is 9.48 Å². The van der Waals surface area contributed by atoms with Crippen LogP contribution >= 0.6 is 0 Å². The predicted molar refractivity (Wildman–Crippen MR) is 209 cm³/mol. The highest BCUT2D eigenvalue weighted by atomic mass is 16.6. The molecular weight excluding hydrogens is 749 g/mol. The number of aromatic nitrogens is 4. The third-order valence-electron chi connectivity index (χ3n) is 10.8. The summed E-state index contributed by atoms with van der Waals surface area (Å²) in [5, 5.41) is 22.0. The van der Waals surface area contributed by atoms with E-state index in [9.17, 15) is 33.6 Å². The molecule has 0 spiro atoms. The average Bonchev–Trinajstić information content (AvgIpc) is 3.66. The quantitative estimate of drug-likeness (QED) is 0.117. The summed E-state index contributed by atoms with van der Waals surface area (Å²) in [7, 11) is 0. The number of likely N-dealkylation sites (tertiary alicyclic amines) is 1. The summed E-state index contributed by atoms with van der Waals surface area (Å²) in [6.45, 7) is 10.1. The summed E-state index contributed by atoms with van der Waals surface area (Å²) in [6.07, 6.45) is 4.25. The van der Waals surface area contributed by atoms with E-state index in [0.717, 1.165) is 24.0 Å². The number of ether oxygens (including phenoxy) is 1. The van der Waals surface area contributed by atoms with E-state index in [1.165, 1.54) is 11.2 Å². The van der Waals surface area contributed by atoms with Crippen LogP contribution < -0.4 is 21.3 Å². The lowest BCUT2D eigenvalue weighted by molar-refractivity contribution is -0.144. The van der Waals surface area contributed by atoms with Crippen LogP contribution in [0.25, 0.3) is 0 Å². The van der Waals surface area contributed by atoms with Crippen molar-refractivity contribution >= 4 is 41.4 Å². The summed E-state index contributed by atoms with van der Waals surface area (Å²) < 4.78 is 7.51. The van der Waals surface area contributed by atoms with Gasteiger partial charge in [-0.15, -0.1) is 5.10 Å². The van der Waals surface area contributed by atoms with E-state index in [4.69, 9.17) is 4.74 Å². The van der Waals surface area contributed by atoms with Gasteiger partial charge in [-0.1, -0.05) is 65.3 Å². The fourth-order valence-electron chi connectivity index (χ4n) is 7.27. The fourth-order valence-corrected chi connectivity index (χ4v) is 7.27. The van der Waals surface area contributed by atoms with Gasteiger partial charge in [-0.2, -0.15) is 0 Å². The second-order valence-corrected chi connectivity index (χ2v) is 16.2. The van der Waals surface area contributed by atoms with Crippen LogP contribution in [0, 0.1) is 11.8 Å². The van der Waals surface area contributed by atoms with Gasteiger partial charge in [0.05, 0.1) is 12.6 Å². The van der Waals surface area contributed by atoms with Crippen molar-refractivity contribution in [2.75, 3.05) is 13.1 Å². The number of benzene rings is 1. The molecule has 1 saturated carbocycles. The number of aryl methyl sites for hydroxylation is 1. The Hall–Kier alpha value is -5.42. The lowest BCUT2D eigenvalue weighted by Gasteiger charge is -2.32. The Kier molecular flexibility index (Phi) is 15.3. The largest absolute Gasteiger partial charge is 0.444 e. The molecule has 1 aliphatic carbocycles. The zero-order valence-electron chi connectivity index (χ0n) is 34.1. The number of amides is 6. The number of tetrazole rings is 1. The molecule has 58 heavy (non-hydrogen) atoms. The molecule has 0 radical (unpaired) electrons. The zero-order valence-corrected chi connectivity index (χ0v) is 34.1. The van der Waals surface area contributed by atoms with Crippen molar-refractivity contribution in [2.45, 2.75) is 142 Å². The molecule has 5 rings (SSSR count). The van der Waals surface area contributed by atoms with Crippen LogP contribution in [-0.4, -0.2) is 121 Å². The normalized spacial score (nSPS) is 19.2. The molecule has 2 unspecified atom stereocenters. The minimum absolute atomic E-state index is 0.0537. The summed E-state index contributed by atoms with van der Waals surface area (Å²) in [6, 6.07) is 3.41. The lowest BCUT2D eigenvalue weighted by atomic mass is 9.98. The van der Waals surface area contributed by atoms with E-state index in [-0.39, 0.29) is 43.7 Å². The van der Waals surface area contributed by atoms with Crippen LogP contribution in [0.3, 0.4) is 0 Å². The third-order valence-corrected chi connectivity index (χ3v) is 10.8. The van der Waals surface area contributed by atoms with Gasteiger partial charge in [0.1, 0.15) is 30.6 Å². The first-order chi connectivity index (χ1) is 27.7. The highest BCUT2D eigenvalue weighted by Gasteiger charge is 2.46. The smallest absolute Gasteiger partial charge is 0.410 e. The molecule has 4 N–H and O–H groups in total. The molecule has 1 saturated heterocycles. The molecule has 18 nitrogen and oxygen atoms in total. The Morgan fingerprint density at radius 3 is 2.29 bits per heavy atom. The molecule has 0 bridgehead atoms. The first-order valence-corrected chi connectivity index (χ1v) is 20.5. The Labute approximate surface area is 338 Å². The van der Waals surface area contributed by atoms with Gasteiger partial charge < -0.3 is 35.8 Å². The molecule has 1 aromatic carbocycles. The standard InChI is InChI=1S/C40H58N10O8/c1-6-11-30(35(52)38(55)42-28-15-16-28)43-36(53)31-20-29(58-40(57)48-19-17-26-12-7-8-13-27(26)21-48)22-50(31)39(56)34(25(4)5)45-37(54)33(24(2)3)44-32(51)14-9-10-18-49-23-41-46-47-49/h7-8,12-13,23-25,28-31,33-34H,6,9-11,14-22H2,1-5H3,(H,42,55)(H,43,53)(H,44,51)(H,45,54)/t29?,30?,31-,33-,34-/m0/s1.